The predicted molar refractivity (Wildman–Crippen MR) is 129 cm³/mol. The number of aromatic nitrogens is 1. The maximum atomic E-state index is 12.9. The summed E-state index contributed by atoms with van der Waals surface area (Å²) in [6.45, 7) is 6.26. The van der Waals surface area contributed by atoms with E-state index in [1.807, 2.05) is 6.92 Å². The lowest BCUT2D eigenvalue weighted by molar-refractivity contribution is -0.173. The zero-order valence-corrected chi connectivity index (χ0v) is 21.4. The molecule has 13 heteroatoms. The van der Waals surface area contributed by atoms with Crippen molar-refractivity contribution < 1.29 is 28.7 Å². The molecule has 0 bridgehead atoms. The summed E-state index contributed by atoms with van der Waals surface area (Å²) in [6.07, 6.45) is 2.29. The van der Waals surface area contributed by atoms with Crippen molar-refractivity contribution in [3.63, 3.8) is 0 Å². The highest BCUT2D eigenvalue weighted by molar-refractivity contribution is 8.00. The van der Waals surface area contributed by atoms with Crippen molar-refractivity contribution in [2.45, 2.75) is 45.5 Å². The highest BCUT2D eigenvalue weighted by atomic mass is 35.5. The molecule has 0 spiro atoms. The smallest absolute Gasteiger partial charge is 0.359 e. The lowest BCUT2D eigenvalue weighted by atomic mass is 9.98. The predicted octanol–water partition coefficient (Wildman–Crippen LogP) is 2.46. The molecule has 2 aliphatic rings. The Kier molecular flexibility index (Phi) is 7.94. The topological polar surface area (TPSA) is 141 Å². The third-order valence-electron chi connectivity index (χ3n) is 4.84. The minimum atomic E-state index is -0.889. The van der Waals surface area contributed by atoms with E-state index in [2.05, 4.69) is 10.3 Å². The number of nitrogens with zero attached hydrogens (tertiary/aromatic N) is 2. The number of halogens is 1. The van der Waals surface area contributed by atoms with Crippen molar-refractivity contribution in [3.8, 4) is 0 Å². The number of nitrogen functional groups attached to an aromatic ring is 1. The van der Waals surface area contributed by atoms with Crippen molar-refractivity contribution in [1.29, 1.82) is 0 Å². The van der Waals surface area contributed by atoms with Gasteiger partial charge in [0.1, 0.15) is 17.1 Å². The van der Waals surface area contributed by atoms with E-state index in [-0.39, 0.29) is 16.5 Å². The number of amides is 2. The number of hydrogen-bond donors (Lipinski definition) is 2. The van der Waals surface area contributed by atoms with Crippen LogP contribution in [0.3, 0.4) is 0 Å². The number of carbonyl (C=O) groups excluding carboxylic acids is 4. The molecule has 1 saturated heterocycles. The molecule has 3 N–H and O–H groups in total. The number of ether oxygens (including phenoxy) is 2. The van der Waals surface area contributed by atoms with Crippen LogP contribution < -0.4 is 11.1 Å². The Hall–Kier alpha value is -2.57. The second-order valence-electron chi connectivity index (χ2n) is 8.44. The molecule has 2 atom stereocenters. The molecule has 0 radical (unpaired) electrons. The third-order valence-corrected chi connectivity index (χ3v) is 7.27. The Labute approximate surface area is 209 Å². The fraction of sp³-hybridized carbons (Fsp3) is 0.476. The van der Waals surface area contributed by atoms with Crippen LogP contribution in [-0.2, 0) is 28.7 Å². The number of nitrogens with one attached hydrogen (secondary N) is 1. The van der Waals surface area contributed by atoms with Gasteiger partial charge in [-0.1, -0.05) is 24.6 Å². The fourth-order valence-electron chi connectivity index (χ4n) is 3.14. The number of anilines is 1. The number of nitrogens with two attached hydrogens (primary N) is 1. The molecule has 3 heterocycles. The van der Waals surface area contributed by atoms with E-state index in [1.54, 1.807) is 32.2 Å². The molecule has 1 aromatic heterocycles. The zero-order valence-electron chi connectivity index (χ0n) is 19.0. The van der Waals surface area contributed by atoms with Crippen LogP contribution in [0.15, 0.2) is 22.2 Å². The van der Waals surface area contributed by atoms with Crippen molar-refractivity contribution in [3.05, 3.63) is 27.9 Å². The standard InChI is InChI=1S/C21H25ClN4O6S2/c1-5-6-10(12-8-34-20(23)24-12)15(27)25-13-16(28)26-14(11(22)7-33-17(13)26)18(29)31-9-32-19(30)21(2,3)4/h6,8,13,17H,5,7,9H2,1-4H3,(H2,23,24)(H,25,27)/t13-,17+/m1/s1. The number of thioether (sulfide) groups is 1. The Morgan fingerprint density at radius 3 is 2.65 bits per heavy atom. The van der Waals surface area contributed by atoms with Crippen molar-refractivity contribution in [2.75, 3.05) is 18.3 Å². The quantitative estimate of drug-likeness (QED) is 0.236. The van der Waals surface area contributed by atoms with Gasteiger partial charge in [0.15, 0.2) is 5.13 Å². The average Bonchev–Trinajstić information content (AvgIpc) is 3.20. The van der Waals surface area contributed by atoms with Crippen molar-refractivity contribution >= 4 is 69.2 Å². The van der Waals surface area contributed by atoms with Crippen molar-refractivity contribution in [2.24, 2.45) is 5.41 Å². The number of β-lactam (4-membered cyclic amide) rings is 1. The zero-order chi connectivity index (χ0) is 25.2. The van der Waals surface area contributed by atoms with E-state index in [0.717, 1.165) is 0 Å². The minimum Gasteiger partial charge on any atom is -0.427 e. The molecule has 0 aromatic carbocycles. The number of carbonyl (C=O) groups is 4. The lowest BCUT2D eigenvalue weighted by Crippen LogP contribution is -2.70. The summed E-state index contributed by atoms with van der Waals surface area (Å²) >= 11 is 8.74. The molecule has 3 rings (SSSR count). The number of fused-ring (bicyclic) bond motifs is 1. The molecule has 0 aliphatic carbocycles. The summed E-state index contributed by atoms with van der Waals surface area (Å²) in [4.78, 5) is 55.6. The largest absolute Gasteiger partial charge is 0.427 e. The molecule has 2 amide bonds. The molecule has 1 aromatic rings. The van der Waals surface area contributed by atoms with Crippen LogP contribution in [0.4, 0.5) is 5.13 Å². The van der Waals surface area contributed by atoms with E-state index in [0.29, 0.717) is 22.8 Å². The summed E-state index contributed by atoms with van der Waals surface area (Å²) in [5.74, 6) is -2.16. The summed E-state index contributed by atoms with van der Waals surface area (Å²) in [6, 6.07) is -0.861. The number of thiazole rings is 1. The summed E-state index contributed by atoms with van der Waals surface area (Å²) in [5.41, 5.74) is 5.55. The van der Waals surface area contributed by atoms with Gasteiger partial charge in [0.05, 0.1) is 21.7 Å². The van der Waals surface area contributed by atoms with E-state index in [4.69, 9.17) is 26.8 Å². The van der Waals surface area contributed by atoms with E-state index in [1.165, 1.54) is 28.0 Å². The van der Waals surface area contributed by atoms with Gasteiger partial charge >= 0.3 is 11.9 Å². The highest BCUT2D eigenvalue weighted by Crippen LogP contribution is 2.42. The van der Waals surface area contributed by atoms with E-state index >= 15 is 0 Å². The normalized spacial score (nSPS) is 20.4. The second-order valence-corrected chi connectivity index (χ2v) is 10.9. The van der Waals surface area contributed by atoms with Gasteiger partial charge in [-0.05, 0) is 27.2 Å². The second kappa shape index (κ2) is 10.4. The van der Waals surface area contributed by atoms with Crippen LogP contribution >= 0.6 is 34.7 Å². The molecule has 10 nitrogen and oxygen atoms in total. The summed E-state index contributed by atoms with van der Waals surface area (Å²) in [5, 5.41) is 4.32. The minimum absolute atomic E-state index is 0.121. The number of allylic oxidation sites excluding steroid dienone is 1. The Morgan fingerprint density at radius 1 is 1.35 bits per heavy atom. The van der Waals surface area contributed by atoms with Gasteiger partial charge in [0, 0.05) is 11.1 Å². The fourth-order valence-corrected chi connectivity index (χ4v) is 5.25. The van der Waals surface area contributed by atoms with Crippen LogP contribution in [0.5, 0.6) is 0 Å². The number of esters is 2. The van der Waals surface area contributed by atoms with Crippen LogP contribution in [0, 0.1) is 5.41 Å². The highest BCUT2D eigenvalue weighted by Gasteiger charge is 2.54. The van der Waals surface area contributed by atoms with Crippen LogP contribution in [0.2, 0.25) is 0 Å². The molecule has 0 unspecified atom stereocenters. The first-order valence-corrected chi connectivity index (χ1v) is 12.7. The molecule has 1 fully saturated rings. The van der Waals surface area contributed by atoms with Gasteiger partial charge in [0.25, 0.3) is 11.8 Å². The van der Waals surface area contributed by atoms with E-state index < -0.39 is 47.4 Å². The van der Waals surface area contributed by atoms with Crippen LogP contribution in [-0.4, -0.2) is 57.6 Å². The van der Waals surface area contributed by atoms with Crippen molar-refractivity contribution in [1.82, 2.24) is 15.2 Å². The van der Waals surface area contributed by atoms with Crippen LogP contribution in [0.25, 0.3) is 5.57 Å². The van der Waals surface area contributed by atoms with Gasteiger partial charge in [-0.25, -0.2) is 9.78 Å². The monoisotopic (exact) mass is 528 g/mol. The molecular weight excluding hydrogens is 504 g/mol. The SMILES string of the molecule is CCC=C(C(=O)N[C@@H]1C(=O)N2C(C(=O)OCOC(=O)C(C)(C)C)=C(Cl)CS[C@@H]12)c1csc(N)n1. The maximum absolute atomic E-state index is 12.9. The molecule has 2 aliphatic heterocycles. The number of rotatable bonds is 7. The lowest BCUT2D eigenvalue weighted by Gasteiger charge is -2.49. The van der Waals surface area contributed by atoms with Gasteiger partial charge in [-0.2, -0.15) is 0 Å². The molecule has 34 heavy (non-hydrogen) atoms. The Balaban J connectivity index is 1.66. The first kappa shape index (κ1) is 26.0. The summed E-state index contributed by atoms with van der Waals surface area (Å²) in [7, 11) is 0. The van der Waals surface area contributed by atoms with Gasteiger partial charge in [0.2, 0.25) is 6.79 Å². The van der Waals surface area contributed by atoms with Gasteiger partial charge in [-0.3, -0.25) is 19.3 Å². The van der Waals surface area contributed by atoms with Gasteiger partial charge < -0.3 is 20.5 Å². The Bertz CT molecular complexity index is 1080. The van der Waals surface area contributed by atoms with E-state index in [9.17, 15) is 19.2 Å². The first-order valence-electron chi connectivity index (χ1n) is 10.4. The first-order chi connectivity index (χ1) is 16.0. The average molecular weight is 529 g/mol. The third kappa shape index (κ3) is 5.39. The van der Waals surface area contributed by atoms with Crippen LogP contribution in [0.1, 0.15) is 39.8 Å². The number of hydrogen-bond acceptors (Lipinski definition) is 10. The maximum Gasteiger partial charge on any atom is 0.359 e. The molecular formula is C21H25ClN4O6S2. The Morgan fingerprint density at radius 2 is 2.06 bits per heavy atom. The molecule has 184 valence electrons. The summed E-state index contributed by atoms with van der Waals surface area (Å²) < 4.78 is 9.97. The van der Waals surface area contributed by atoms with Gasteiger partial charge in [-0.15, -0.1) is 23.1 Å². The molecule has 0 saturated carbocycles.